The van der Waals surface area contributed by atoms with Gasteiger partial charge in [-0.25, -0.2) is 0 Å². The Kier molecular flexibility index (Phi) is 2.55. The third kappa shape index (κ3) is 1.87. The number of nitrogens with zero attached hydrogens (tertiary/aromatic N) is 1. The summed E-state index contributed by atoms with van der Waals surface area (Å²) in [4.78, 5) is 2.28. The van der Waals surface area contributed by atoms with Crippen molar-refractivity contribution in [3.05, 3.63) is 22.8 Å². The van der Waals surface area contributed by atoms with Gasteiger partial charge in [-0.05, 0) is 35.9 Å². The summed E-state index contributed by atoms with van der Waals surface area (Å²) in [6.45, 7) is 5.42. The number of hydrogen-bond donors (Lipinski definition) is 0. The van der Waals surface area contributed by atoms with Crippen LogP contribution in [0.15, 0.2) is 22.8 Å². The van der Waals surface area contributed by atoms with Crippen molar-refractivity contribution >= 4 is 15.9 Å². The average Bonchev–Trinajstić information content (AvgIpc) is 1.88. The normalized spacial score (nSPS) is 18.0. The maximum Gasteiger partial charge on any atom is 0.0360 e. The van der Waals surface area contributed by atoms with Crippen molar-refractivity contribution in [2.45, 2.75) is 19.9 Å². The van der Waals surface area contributed by atoms with Gasteiger partial charge in [0.15, 0.2) is 0 Å². The van der Waals surface area contributed by atoms with Crippen LogP contribution < -0.4 is 0 Å². The van der Waals surface area contributed by atoms with Gasteiger partial charge in [-0.1, -0.05) is 6.08 Å². The summed E-state index contributed by atoms with van der Waals surface area (Å²) in [5, 5.41) is 0. The molecule has 10 heavy (non-hydrogen) atoms. The highest BCUT2D eigenvalue weighted by molar-refractivity contribution is 9.11. The molecule has 1 nitrogen and oxygen atoms in total. The lowest BCUT2D eigenvalue weighted by atomic mass is 10.3. The van der Waals surface area contributed by atoms with E-state index in [0.717, 1.165) is 11.0 Å². The SMILES string of the molecule is CC(C)N1C=C(Br)C=CC1. The van der Waals surface area contributed by atoms with E-state index in [1.165, 1.54) is 0 Å². The molecule has 0 radical (unpaired) electrons. The largest absolute Gasteiger partial charge is 0.370 e. The molecule has 1 heterocycles. The Morgan fingerprint density at radius 1 is 1.60 bits per heavy atom. The number of halogens is 1. The number of allylic oxidation sites excluding steroid dienone is 2. The summed E-state index contributed by atoms with van der Waals surface area (Å²) < 4.78 is 1.16. The van der Waals surface area contributed by atoms with Gasteiger partial charge in [-0.3, -0.25) is 0 Å². The van der Waals surface area contributed by atoms with Crippen LogP contribution in [-0.2, 0) is 0 Å². The van der Waals surface area contributed by atoms with Gasteiger partial charge in [-0.2, -0.15) is 0 Å². The van der Waals surface area contributed by atoms with E-state index >= 15 is 0 Å². The van der Waals surface area contributed by atoms with Gasteiger partial charge < -0.3 is 4.90 Å². The minimum absolute atomic E-state index is 0.595. The van der Waals surface area contributed by atoms with E-state index in [1.54, 1.807) is 0 Å². The molecule has 1 rings (SSSR count). The van der Waals surface area contributed by atoms with Gasteiger partial charge in [-0.15, -0.1) is 0 Å². The van der Waals surface area contributed by atoms with Gasteiger partial charge >= 0.3 is 0 Å². The Morgan fingerprint density at radius 2 is 2.30 bits per heavy atom. The van der Waals surface area contributed by atoms with Crippen LogP contribution in [0.5, 0.6) is 0 Å². The van der Waals surface area contributed by atoms with Crippen molar-refractivity contribution in [3.8, 4) is 0 Å². The van der Waals surface area contributed by atoms with Gasteiger partial charge in [0.05, 0.1) is 0 Å². The minimum Gasteiger partial charge on any atom is -0.370 e. The molecule has 0 N–H and O–H groups in total. The molecule has 0 aromatic rings. The van der Waals surface area contributed by atoms with Gasteiger partial charge in [0, 0.05) is 23.3 Å². The quantitative estimate of drug-likeness (QED) is 0.631. The lowest BCUT2D eigenvalue weighted by molar-refractivity contribution is 0.339. The second-order valence-corrected chi connectivity index (χ2v) is 3.62. The predicted molar refractivity (Wildman–Crippen MR) is 48.0 cm³/mol. The van der Waals surface area contributed by atoms with Crippen molar-refractivity contribution in [2.24, 2.45) is 0 Å². The Hall–Kier alpha value is -0.240. The van der Waals surface area contributed by atoms with Gasteiger partial charge in [0.2, 0.25) is 0 Å². The molecule has 0 atom stereocenters. The maximum absolute atomic E-state index is 3.43. The zero-order valence-corrected chi connectivity index (χ0v) is 7.93. The highest BCUT2D eigenvalue weighted by atomic mass is 79.9. The molecule has 56 valence electrons. The van der Waals surface area contributed by atoms with Gasteiger partial charge in [0.1, 0.15) is 0 Å². The van der Waals surface area contributed by atoms with Crippen LogP contribution in [-0.4, -0.2) is 17.5 Å². The molecule has 0 unspecified atom stereocenters. The Labute approximate surface area is 70.5 Å². The lowest BCUT2D eigenvalue weighted by Crippen LogP contribution is -2.26. The van der Waals surface area contributed by atoms with Crippen molar-refractivity contribution in [3.63, 3.8) is 0 Å². The summed E-state index contributed by atoms with van der Waals surface area (Å²) in [7, 11) is 0. The Balaban J connectivity index is 2.60. The molecule has 1 aliphatic rings. The second-order valence-electron chi connectivity index (χ2n) is 2.71. The van der Waals surface area contributed by atoms with E-state index < -0.39 is 0 Å². The van der Waals surface area contributed by atoms with Gasteiger partial charge in [0.25, 0.3) is 0 Å². The lowest BCUT2D eigenvalue weighted by Gasteiger charge is -2.25. The molecule has 0 aromatic heterocycles. The molecule has 2 heteroatoms. The molecule has 0 bridgehead atoms. The first-order valence-corrected chi connectivity index (χ1v) is 4.29. The summed E-state index contributed by atoms with van der Waals surface area (Å²) >= 11 is 3.43. The zero-order valence-electron chi connectivity index (χ0n) is 6.34. The van der Waals surface area contributed by atoms with Crippen LogP contribution in [0.4, 0.5) is 0 Å². The minimum atomic E-state index is 0.595. The topological polar surface area (TPSA) is 3.24 Å². The van der Waals surface area contributed by atoms with Crippen LogP contribution in [0.3, 0.4) is 0 Å². The van der Waals surface area contributed by atoms with Crippen molar-refractivity contribution in [2.75, 3.05) is 6.54 Å². The second kappa shape index (κ2) is 3.24. The van der Waals surface area contributed by atoms with E-state index in [1.807, 2.05) is 0 Å². The molecular weight excluding hydrogens is 190 g/mol. The molecule has 0 spiro atoms. The fraction of sp³-hybridized carbons (Fsp3) is 0.500. The smallest absolute Gasteiger partial charge is 0.0360 e. The monoisotopic (exact) mass is 201 g/mol. The predicted octanol–water partition coefficient (Wildman–Crippen LogP) is 2.50. The van der Waals surface area contributed by atoms with E-state index in [4.69, 9.17) is 0 Å². The highest BCUT2D eigenvalue weighted by Crippen LogP contribution is 2.14. The molecule has 0 saturated carbocycles. The first-order chi connectivity index (χ1) is 4.70. The van der Waals surface area contributed by atoms with E-state index in [9.17, 15) is 0 Å². The summed E-state index contributed by atoms with van der Waals surface area (Å²) in [5.41, 5.74) is 0. The first kappa shape index (κ1) is 7.86. The molecule has 1 aliphatic heterocycles. The van der Waals surface area contributed by atoms with Crippen molar-refractivity contribution in [1.82, 2.24) is 4.90 Å². The van der Waals surface area contributed by atoms with Crippen LogP contribution >= 0.6 is 15.9 Å². The third-order valence-electron chi connectivity index (χ3n) is 1.55. The molecule has 0 saturated heterocycles. The summed E-state index contributed by atoms with van der Waals surface area (Å²) in [5.74, 6) is 0. The average molecular weight is 202 g/mol. The standard InChI is InChI=1S/C8H12BrN/c1-7(2)10-5-3-4-8(9)6-10/h3-4,6-7H,5H2,1-2H3. The Morgan fingerprint density at radius 3 is 2.70 bits per heavy atom. The van der Waals surface area contributed by atoms with Crippen molar-refractivity contribution < 1.29 is 0 Å². The molecule has 0 amide bonds. The van der Waals surface area contributed by atoms with Crippen LogP contribution in [0, 0.1) is 0 Å². The van der Waals surface area contributed by atoms with E-state index in [2.05, 4.69) is 53.0 Å². The van der Waals surface area contributed by atoms with E-state index in [-0.39, 0.29) is 0 Å². The third-order valence-corrected chi connectivity index (χ3v) is 2.01. The molecule has 0 aliphatic carbocycles. The summed E-state index contributed by atoms with van der Waals surface area (Å²) in [6, 6.07) is 0.595. The van der Waals surface area contributed by atoms with Crippen LogP contribution in [0.25, 0.3) is 0 Å². The van der Waals surface area contributed by atoms with E-state index in [0.29, 0.717) is 6.04 Å². The highest BCUT2D eigenvalue weighted by Gasteiger charge is 2.05. The number of rotatable bonds is 1. The fourth-order valence-electron chi connectivity index (χ4n) is 0.901. The maximum atomic E-state index is 3.43. The Bertz CT molecular complexity index is 170. The van der Waals surface area contributed by atoms with Crippen LogP contribution in [0.2, 0.25) is 0 Å². The fourth-order valence-corrected chi connectivity index (χ4v) is 1.35. The van der Waals surface area contributed by atoms with Crippen molar-refractivity contribution in [1.29, 1.82) is 0 Å². The molecular formula is C8H12BrN. The zero-order chi connectivity index (χ0) is 7.56. The molecule has 0 fully saturated rings. The first-order valence-electron chi connectivity index (χ1n) is 3.50. The molecule has 0 aromatic carbocycles. The number of hydrogen-bond acceptors (Lipinski definition) is 1. The van der Waals surface area contributed by atoms with Crippen LogP contribution in [0.1, 0.15) is 13.8 Å². The summed E-state index contributed by atoms with van der Waals surface area (Å²) in [6.07, 6.45) is 6.37.